The molecule has 4 rings (SSSR count). The number of amides is 2. The molecule has 1 N–H and O–H groups in total. The van der Waals surface area contributed by atoms with Crippen LogP contribution in [-0.4, -0.2) is 73.3 Å². The number of hydrogen-bond donors (Lipinski definition) is 1. The first-order valence-corrected chi connectivity index (χ1v) is 10.8. The van der Waals surface area contributed by atoms with E-state index in [1.807, 2.05) is 23.3 Å². The van der Waals surface area contributed by atoms with E-state index in [0.717, 1.165) is 23.5 Å². The van der Waals surface area contributed by atoms with E-state index in [9.17, 15) is 14.4 Å². The highest BCUT2D eigenvalue weighted by Crippen LogP contribution is 2.53. The van der Waals surface area contributed by atoms with E-state index in [-0.39, 0.29) is 42.1 Å². The minimum absolute atomic E-state index is 0.0210. The van der Waals surface area contributed by atoms with Crippen LogP contribution in [-0.2, 0) is 19.1 Å². The predicted octanol–water partition coefficient (Wildman–Crippen LogP) is 0.982. The lowest BCUT2D eigenvalue weighted by molar-refractivity contribution is -0.149. The van der Waals surface area contributed by atoms with E-state index < -0.39 is 6.04 Å². The molecule has 2 amide bonds. The van der Waals surface area contributed by atoms with Crippen LogP contribution in [0.5, 0.6) is 0 Å². The van der Waals surface area contributed by atoms with Gasteiger partial charge in [0.25, 0.3) is 0 Å². The normalized spacial score (nSPS) is 30.0. The lowest BCUT2D eigenvalue weighted by atomic mass is 9.88. The molecule has 0 spiro atoms. The van der Waals surface area contributed by atoms with Gasteiger partial charge in [0.2, 0.25) is 11.8 Å². The second kappa shape index (κ2) is 7.93. The minimum atomic E-state index is -0.580. The maximum Gasteiger partial charge on any atom is 0.249 e. The van der Waals surface area contributed by atoms with Crippen molar-refractivity contribution in [2.75, 3.05) is 39.9 Å². The largest absolute Gasteiger partial charge is 0.375 e. The Hall–Kier alpha value is -1.77. The molecule has 3 fully saturated rings. The van der Waals surface area contributed by atoms with Crippen molar-refractivity contribution in [3.05, 3.63) is 21.9 Å². The number of nitrogens with zero attached hydrogens (tertiary/aromatic N) is 2. The summed E-state index contributed by atoms with van der Waals surface area (Å²) in [5, 5.41) is 5.25. The first kappa shape index (κ1) is 19.5. The van der Waals surface area contributed by atoms with Crippen molar-refractivity contribution in [1.29, 1.82) is 0 Å². The molecule has 4 atom stereocenters. The molecular weight excluding hydrogens is 378 g/mol. The van der Waals surface area contributed by atoms with Crippen LogP contribution >= 0.6 is 11.3 Å². The lowest BCUT2D eigenvalue weighted by Crippen LogP contribution is -2.55. The number of carbonyl (C=O) groups is 3. The Balaban J connectivity index is 1.76. The Kier molecular flexibility index (Phi) is 5.53. The Morgan fingerprint density at radius 3 is 2.71 bits per heavy atom. The monoisotopic (exact) mass is 405 g/mol. The minimum Gasteiger partial charge on any atom is -0.375 e. The molecule has 1 aromatic rings. The molecule has 1 saturated carbocycles. The summed E-state index contributed by atoms with van der Waals surface area (Å²) in [6.45, 7) is 4.70. The van der Waals surface area contributed by atoms with Gasteiger partial charge < -0.3 is 19.9 Å². The van der Waals surface area contributed by atoms with E-state index in [2.05, 4.69) is 5.32 Å². The van der Waals surface area contributed by atoms with Gasteiger partial charge in [-0.3, -0.25) is 14.4 Å². The molecule has 8 heteroatoms. The number of Topliss-reactive ketones (excluding diaryl/α,β-unsaturated/α-hetero) is 1. The van der Waals surface area contributed by atoms with Crippen LogP contribution in [0, 0.1) is 18.8 Å². The fraction of sp³-hybridized carbons (Fsp3) is 0.650. The fourth-order valence-electron chi connectivity index (χ4n) is 5.07. The van der Waals surface area contributed by atoms with Crippen molar-refractivity contribution in [2.24, 2.45) is 11.8 Å². The number of aryl methyl sites for hydroxylation is 1. The average molecular weight is 406 g/mol. The summed E-state index contributed by atoms with van der Waals surface area (Å²) in [5.41, 5.74) is 1.07. The molecule has 0 aromatic carbocycles. The number of ketones is 1. The first-order chi connectivity index (χ1) is 13.5. The van der Waals surface area contributed by atoms with Crippen LogP contribution < -0.4 is 5.32 Å². The summed E-state index contributed by atoms with van der Waals surface area (Å²) in [6.07, 6.45) is 1.16. The third-order valence-electron chi connectivity index (χ3n) is 6.31. The highest BCUT2D eigenvalue weighted by Gasteiger charge is 2.59. The number of likely N-dealkylation sites (tertiary alicyclic amines) is 1. The van der Waals surface area contributed by atoms with Crippen molar-refractivity contribution >= 4 is 28.9 Å². The zero-order valence-corrected chi connectivity index (χ0v) is 17.2. The van der Waals surface area contributed by atoms with Gasteiger partial charge in [-0.25, -0.2) is 0 Å². The van der Waals surface area contributed by atoms with Crippen molar-refractivity contribution < 1.29 is 19.1 Å². The summed E-state index contributed by atoms with van der Waals surface area (Å²) in [7, 11) is 1.48. The van der Waals surface area contributed by atoms with Crippen LogP contribution in [0.1, 0.15) is 29.3 Å². The van der Waals surface area contributed by atoms with Crippen molar-refractivity contribution in [2.45, 2.75) is 31.8 Å². The van der Waals surface area contributed by atoms with Gasteiger partial charge in [-0.2, -0.15) is 0 Å². The van der Waals surface area contributed by atoms with Crippen LogP contribution in [0.2, 0.25) is 0 Å². The SMILES string of the molecule is COCC(=O)N1C(C(=O)N2CCNCC2)C2CCC(=O)C2C1c1sccc1C. The molecule has 28 heavy (non-hydrogen) atoms. The smallest absolute Gasteiger partial charge is 0.249 e. The first-order valence-electron chi connectivity index (χ1n) is 9.91. The molecule has 3 aliphatic rings. The number of piperazine rings is 1. The van der Waals surface area contributed by atoms with E-state index >= 15 is 0 Å². The van der Waals surface area contributed by atoms with E-state index in [4.69, 9.17) is 4.74 Å². The highest BCUT2D eigenvalue weighted by atomic mass is 32.1. The van der Waals surface area contributed by atoms with Crippen LogP contribution in [0.3, 0.4) is 0 Å². The molecule has 4 unspecified atom stereocenters. The lowest BCUT2D eigenvalue weighted by Gasteiger charge is -2.36. The van der Waals surface area contributed by atoms with Gasteiger partial charge in [0.15, 0.2) is 0 Å². The quantitative estimate of drug-likeness (QED) is 0.808. The maximum atomic E-state index is 13.5. The van der Waals surface area contributed by atoms with Crippen molar-refractivity contribution in [3.8, 4) is 0 Å². The summed E-state index contributed by atoms with van der Waals surface area (Å²) in [6, 6.07) is 1.07. The van der Waals surface area contributed by atoms with Gasteiger partial charge in [0.1, 0.15) is 18.4 Å². The number of methoxy groups -OCH3 is 1. The Labute approximate surface area is 169 Å². The number of hydrogen-bond acceptors (Lipinski definition) is 6. The molecular formula is C20H27N3O4S. The molecule has 1 aliphatic carbocycles. The zero-order chi connectivity index (χ0) is 19.8. The number of nitrogens with one attached hydrogen (secondary N) is 1. The van der Waals surface area contributed by atoms with Gasteiger partial charge >= 0.3 is 0 Å². The third kappa shape index (κ3) is 3.17. The summed E-state index contributed by atoms with van der Waals surface area (Å²) >= 11 is 1.56. The molecule has 2 saturated heterocycles. The molecule has 0 radical (unpaired) electrons. The summed E-state index contributed by atoms with van der Waals surface area (Å²) < 4.78 is 5.13. The number of ether oxygens (including phenoxy) is 1. The molecule has 1 aromatic heterocycles. The predicted molar refractivity (Wildman–Crippen MR) is 105 cm³/mol. The number of carbonyl (C=O) groups excluding carboxylic acids is 3. The zero-order valence-electron chi connectivity index (χ0n) is 16.3. The highest BCUT2D eigenvalue weighted by molar-refractivity contribution is 7.10. The topological polar surface area (TPSA) is 79.0 Å². The Morgan fingerprint density at radius 1 is 1.32 bits per heavy atom. The van der Waals surface area contributed by atoms with Gasteiger partial charge in [0.05, 0.1) is 6.04 Å². The summed E-state index contributed by atoms with van der Waals surface area (Å²) in [5.74, 6) is -0.464. The molecule has 7 nitrogen and oxygen atoms in total. The van der Waals surface area contributed by atoms with E-state index in [1.165, 1.54) is 7.11 Å². The molecule has 0 bridgehead atoms. The third-order valence-corrected chi connectivity index (χ3v) is 7.40. The van der Waals surface area contributed by atoms with Gasteiger partial charge in [-0.1, -0.05) is 0 Å². The maximum absolute atomic E-state index is 13.5. The van der Waals surface area contributed by atoms with E-state index in [0.29, 0.717) is 25.9 Å². The second-order valence-electron chi connectivity index (χ2n) is 7.86. The van der Waals surface area contributed by atoms with Crippen LogP contribution in [0.15, 0.2) is 11.4 Å². The molecule has 2 aliphatic heterocycles. The van der Waals surface area contributed by atoms with E-state index in [1.54, 1.807) is 16.2 Å². The Morgan fingerprint density at radius 2 is 2.07 bits per heavy atom. The second-order valence-corrected chi connectivity index (χ2v) is 8.81. The van der Waals surface area contributed by atoms with Crippen molar-refractivity contribution in [1.82, 2.24) is 15.1 Å². The number of rotatable bonds is 4. The van der Waals surface area contributed by atoms with Gasteiger partial charge in [-0.15, -0.1) is 11.3 Å². The van der Waals surface area contributed by atoms with Crippen LogP contribution in [0.4, 0.5) is 0 Å². The fourth-order valence-corrected chi connectivity index (χ4v) is 6.14. The molecule has 152 valence electrons. The van der Waals surface area contributed by atoms with Crippen molar-refractivity contribution in [3.63, 3.8) is 0 Å². The standard InChI is InChI=1S/C20H27N3O4S/c1-12-5-10-28-19(12)18-16-13(3-4-14(16)24)17(23(18)15(25)11-27-2)20(26)22-8-6-21-7-9-22/h5,10,13,16-18,21H,3-4,6-9,11H2,1-2H3. The van der Waals surface area contributed by atoms with Gasteiger partial charge in [0, 0.05) is 56.4 Å². The Bertz CT molecular complexity index is 773. The molecule has 3 heterocycles. The number of fused-ring (bicyclic) bond motifs is 1. The number of thiophene rings is 1. The summed E-state index contributed by atoms with van der Waals surface area (Å²) in [4.78, 5) is 44.0. The average Bonchev–Trinajstić information content (AvgIpc) is 3.37. The van der Waals surface area contributed by atoms with Crippen LogP contribution in [0.25, 0.3) is 0 Å². The van der Waals surface area contributed by atoms with Gasteiger partial charge in [-0.05, 0) is 30.4 Å².